The molecule has 0 fully saturated rings. The highest BCUT2D eigenvalue weighted by Crippen LogP contribution is 2.15. The van der Waals surface area contributed by atoms with Crippen LogP contribution in [0.1, 0.15) is 13.8 Å². The fourth-order valence-electron chi connectivity index (χ4n) is 1.16. The highest BCUT2D eigenvalue weighted by molar-refractivity contribution is 6.17. The number of esters is 2. The van der Waals surface area contributed by atoms with Gasteiger partial charge in [-0.1, -0.05) is 0 Å². The van der Waals surface area contributed by atoms with Gasteiger partial charge in [-0.3, -0.25) is 19.2 Å². The van der Waals surface area contributed by atoms with E-state index in [-0.39, 0.29) is 5.57 Å². The minimum atomic E-state index is -1.48. The van der Waals surface area contributed by atoms with Crippen LogP contribution in [0.25, 0.3) is 0 Å². The molecule has 0 heterocycles. The van der Waals surface area contributed by atoms with Crippen LogP contribution in [0.2, 0.25) is 0 Å². The smallest absolute Gasteiger partial charge is 0.305 e. The number of rotatable bonds is 3. The van der Waals surface area contributed by atoms with Crippen LogP contribution in [0.5, 0.6) is 0 Å². The molecule has 0 bridgehead atoms. The molecule has 6 nitrogen and oxygen atoms in total. The van der Waals surface area contributed by atoms with E-state index in [2.05, 4.69) is 9.47 Å². The molecule has 0 aliphatic heterocycles. The van der Waals surface area contributed by atoms with E-state index in [1.165, 1.54) is 0 Å². The predicted octanol–water partition coefficient (Wildman–Crippen LogP) is 0.0731. The van der Waals surface area contributed by atoms with Gasteiger partial charge in [0, 0.05) is 19.9 Å². The van der Waals surface area contributed by atoms with Gasteiger partial charge in [0.15, 0.2) is 11.6 Å². The maximum atomic E-state index is 11.5. The van der Waals surface area contributed by atoms with Gasteiger partial charge in [0.1, 0.15) is 0 Å². The van der Waals surface area contributed by atoms with Crippen molar-refractivity contribution >= 4 is 23.5 Å². The first-order valence-electron chi connectivity index (χ1n) is 4.72. The molecule has 0 aromatic carbocycles. The van der Waals surface area contributed by atoms with Gasteiger partial charge < -0.3 is 9.47 Å². The first-order valence-corrected chi connectivity index (χ1v) is 4.72. The van der Waals surface area contributed by atoms with Gasteiger partial charge in [-0.2, -0.15) is 0 Å². The van der Waals surface area contributed by atoms with Crippen molar-refractivity contribution in [1.29, 1.82) is 0 Å². The molecular weight excluding hydrogens is 228 g/mol. The van der Waals surface area contributed by atoms with Crippen molar-refractivity contribution in [1.82, 2.24) is 0 Å². The summed E-state index contributed by atoms with van der Waals surface area (Å²) in [6.45, 7) is 2.20. The van der Waals surface area contributed by atoms with Gasteiger partial charge >= 0.3 is 11.9 Å². The van der Waals surface area contributed by atoms with E-state index in [0.717, 1.165) is 32.1 Å². The van der Waals surface area contributed by atoms with Crippen LogP contribution in [0.3, 0.4) is 0 Å². The summed E-state index contributed by atoms with van der Waals surface area (Å²) in [5.74, 6) is -2.44. The highest BCUT2D eigenvalue weighted by atomic mass is 16.7. The Morgan fingerprint density at radius 3 is 2.06 bits per heavy atom. The molecule has 0 aromatic rings. The molecular formula is C11H10O6. The maximum absolute atomic E-state index is 11.5. The summed E-state index contributed by atoms with van der Waals surface area (Å²) in [5.41, 5.74) is -0.178. The normalized spacial score (nSPS) is 14.6. The molecule has 1 aliphatic carbocycles. The van der Waals surface area contributed by atoms with Gasteiger partial charge in [0.2, 0.25) is 0 Å². The van der Waals surface area contributed by atoms with Crippen molar-refractivity contribution in [2.24, 2.45) is 0 Å². The molecule has 0 aromatic heterocycles. The Morgan fingerprint density at radius 2 is 1.59 bits per heavy atom. The zero-order valence-corrected chi connectivity index (χ0v) is 9.26. The SMILES string of the molecule is CC(=O)OC(OC(C)=O)C1=CC(=O)C=CC1=O. The van der Waals surface area contributed by atoms with Crippen LogP contribution in [0, 0.1) is 0 Å². The molecule has 0 saturated carbocycles. The van der Waals surface area contributed by atoms with E-state index < -0.39 is 29.8 Å². The molecule has 17 heavy (non-hydrogen) atoms. The van der Waals surface area contributed by atoms with E-state index in [1.807, 2.05) is 0 Å². The zero-order valence-electron chi connectivity index (χ0n) is 9.26. The lowest BCUT2D eigenvalue weighted by atomic mass is 10.0. The van der Waals surface area contributed by atoms with Gasteiger partial charge in [0.05, 0.1) is 5.57 Å². The van der Waals surface area contributed by atoms with Crippen LogP contribution in [-0.2, 0) is 28.7 Å². The maximum Gasteiger partial charge on any atom is 0.305 e. The van der Waals surface area contributed by atoms with E-state index in [4.69, 9.17) is 0 Å². The molecule has 0 N–H and O–H groups in total. The molecule has 0 radical (unpaired) electrons. The monoisotopic (exact) mass is 238 g/mol. The average Bonchev–Trinajstić information content (AvgIpc) is 2.19. The van der Waals surface area contributed by atoms with Crippen molar-refractivity contribution in [3.8, 4) is 0 Å². The Bertz CT molecular complexity index is 427. The molecule has 0 unspecified atom stereocenters. The first kappa shape index (κ1) is 12.8. The van der Waals surface area contributed by atoms with Crippen LogP contribution < -0.4 is 0 Å². The second-order valence-electron chi connectivity index (χ2n) is 3.25. The summed E-state index contributed by atoms with van der Waals surface area (Å²) in [6.07, 6.45) is 1.59. The Kier molecular flexibility index (Phi) is 3.92. The summed E-state index contributed by atoms with van der Waals surface area (Å²) < 4.78 is 9.32. The number of ether oxygens (including phenoxy) is 2. The fraction of sp³-hybridized carbons (Fsp3) is 0.273. The molecule has 0 atom stereocenters. The van der Waals surface area contributed by atoms with Crippen LogP contribution >= 0.6 is 0 Å². The van der Waals surface area contributed by atoms with Gasteiger partial charge in [-0.05, 0) is 12.2 Å². The lowest BCUT2D eigenvalue weighted by Gasteiger charge is -2.18. The molecule has 6 heteroatoms. The third kappa shape index (κ3) is 3.67. The number of carbonyl (C=O) groups is 4. The molecule has 0 amide bonds. The predicted molar refractivity (Wildman–Crippen MR) is 54.6 cm³/mol. The summed E-state index contributed by atoms with van der Waals surface area (Å²) >= 11 is 0. The van der Waals surface area contributed by atoms with E-state index in [9.17, 15) is 19.2 Å². The van der Waals surface area contributed by atoms with Gasteiger partial charge in [-0.25, -0.2) is 0 Å². The van der Waals surface area contributed by atoms with E-state index in [0.29, 0.717) is 0 Å². The van der Waals surface area contributed by atoms with Crippen LogP contribution in [-0.4, -0.2) is 29.8 Å². The van der Waals surface area contributed by atoms with Crippen LogP contribution in [0.4, 0.5) is 0 Å². The number of hydrogen-bond acceptors (Lipinski definition) is 6. The second kappa shape index (κ2) is 5.20. The van der Waals surface area contributed by atoms with Crippen molar-refractivity contribution in [3.63, 3.8) is 0 Å². The van der Waals surface area contributed by atoms with Gasteiger partial charge in [-0.15, -0.1) is 0 Å². The number of hydrogen-bond donors (Lipinski definition) is 0. The number of carbonyl (C=O) groups excluding carboxylic acids is 4. The van der Waals surface area contributed by atoms with Crippen molar-refractivity contribution < 1.29 is 28.7 Å². The minimum Gasteiger partial charge on any atom is -0.421 e. The third-order valence-electron chi connectivity index (χ3n) is 1.78. The fourth-order valence-corrected chi connectivity index (χ4v) is 1.16. The zero-order chi connectivity index (χ0) is 13.0. The van der Waals surface area contributed by atoms with Crippen molar-refractivity contribution in [2.45, 2.75) is 20.1 Å². The van der Waals surface area contributed by atoms with Crippen molar-refractivity contribution in [2.75, 3.05) is 0 Å². The molecule has 0 spiro atoms. The lowest BCUT2D eigenvalue weighted by Crippen LogP contribution is -2.29. The molecule has 1 rings (SSSR count). The lowest BCUT2D eigenvalue weighted by molar-refractivity contribution is -0.178. The Morgan fingerprint density at radius 1 is 1.06 bits per heavy atom. The summed E-state index contributed by atoms with van der Waals surface area (Å²) in [5, 5.41) is 0. The number of ketones is 2. The molecule has 0 saturated heterocycles. The standard InChI is InChI=1S/C11H10O6/c1-6(12)16-11(17-7(2)13)9-5-8(14)3-4-10(9)15/h3-5,11H,1-2H3. The topological polar surface area (TPSA) is 86.7 Å². The van der Waals surface area contributed by atoms with Crippen LogP contribution in [0.15, 0.2) is 23.8 Å². The van der Waals surface area contributed by atoms with Crippen molar-refractivity contribution in [3.05, 3.63) is 23.8 Å². The minimum absolute atomic E-state index is 0.178. The van der Waals surface area contributed by atoms with Gasteiger partial charge in [0.25, 0.3) is 6.29 Å². The van der Waals surface area contributed by atoms with E-state index >= 15 is 0 Å². The Balaban J connectivity index is 2.96. The average molecular weight is 238 g/mol. The Hall–Kier alpha value is -2.24. The third-order valence-corrected chi connectivity index (χ3v) is 1.78. The summed E-state index contributed by atoms with van der Waals surface area (Å²) in [6, 6.07) is 0. The van der Waals surface area contributed by atoms with E-state index in [1.54, 1.807) is 0 Å². The summed E-state index contributed by atoms with van der Waals surface area (Å²) in [7, 11) is 0. The Labute approximate surface area is 96.9 Å². The second-order valence-corrected chi connectivity index (χ2v) is 3.25. The largest absolute Gasteiger partial charge is 0.421 e. The first-order chi connectivity index (χ1) is 7.90. The molecule has 90 valence electrons. The molecule has 1 aliphatic rings. The summed E-state index contributed by atoms with van der Waals surface area (Å²) in [4.78, 5) is 44.2. The highest BCUT2D eigenvalue weighted by Gasteiger charge is 2.27. The number of allylic oxidation sites excluding steroid dienone is 3. The quantitative estimate of drug-likeness (QED) is 0.393.